The molecule has 2 rings (SSSR count). The van der Waals surface area contributed by atoms with E-state index in [4.69, 9.17) is 4.74 Å². The first-order chi connectivity index (χ1) is 9.13. The summed E-state index contributed by atoms with van der Waals surface area (Å²) in [5, 5.41) is 0. The molecule has 0 aromatic heterocycles. The second kappa shape index (κ2) is 6.22. The molecule has 1 aliphatic heterocycles. The van der Waals surface area contributed by atoms with Gasteiger partial charge in [0.25, 0.3) is 0 Å². The average Bonchev–Trinajstić information content (AvgIpc) is 2.96. The Bertz CT molecular complexity index is 366. The van der Waals surface area contributed by atoms with E-state index in [-0.39, 0.29) is 29.8 Å². The van der Waals surface area contributed by atoms with Crippen molar-refractivity contribution in [2.75, 3.05) is 13.6 Å². The van der Waals surface area contributed by atoms with Crippen molar-refractivity contribution in [1.29, 1.82) is 0 Å². The lowest BCUT2D eigenvalue weighted by Gasteiger charge is -2.25. The number of amides is 1. The zero-order chi connectivity index (χ0) is 13.8. The number of rotatable bonds is 7. The third-order valence-electron chi connectivity index (χ3n) is 4.20. The van der Waals surface area contributed by atoms with Crippen LogP contribution in [0.25, 0.3) is 0 Å². The van der Waals surface area contributed by atoms with Crippen LogP contribution >= 0.6 is 0 Å². The van der Waals surface area contributed by atoms with Crippen LogP contribution in [0.15, 0.2) is 12.7 Å². The Hall–Kier alpha value is -1.32. The van der Waals surface area contributed by atoms with Crippen molar-refractivity contribution in [1.82, 2.24) is 4.90 Å². The molecule has 3 unspecified atom stereocenters. The van der Waals surface area contributed by atoms with Crippen molar-refractivity contribution in [2.45, 2.75) is 44.6 Å². The molecular weight excluding hydrogens is 242 g/mol. The van der Waals surface area contributed by atoms with Gasteiger partial charge in [0.05, 0.1) is 11.8 Å². The quantitative estimate of drug-likeness (QED) is 0.402. The Morgan fingerprint density at radius 1 is 1.42 bits per heavy atom. The van der Waals surface area contributed by atoms with Crippen LogP contribution in [-0.2, 0) is 14.3 Å². The molecule has 2 bridgehead atoms. The van der Waals surface area contributed by atoms with Crippen molar-refractivity contribution < 1.29 is 14.3 Å². The Morgan fingerprint density at radius 3 is 2.84 bits per heavy atom. The first-order valence-electron chi connectivity index (χ1n) is 7.20. The fraction of sp³-hybridized carbons (Fsp3) is 0.733. The Kier molecular flexibility index (Phi) is 4.61. The van der Waals surface area contributed by atoms with Gasteiger partial charge in [-0.25, -0.2) is 0 Å². The molecule has 1 aliphatic carbocycles. The van der Waals surface area contributed by atoms with Gasteiger partial charge >= 0.3 is 5.97 Å². The van der Waals surface area contributed by atoms with Crippen LogP contribution in [0.3, 0.4) is 0 Å². The van der Waals surface area contributed by atoms with Gasteiger partial charge < -0.3 is 9.64 Å². The number of fused-ring (bicyclic) bond motifs is 2. The number of ether oxygens (including phenoxy) is 1. The molecule has 1 saturated carbocycles. The molecule has 1 heterocycles. The second-order valence-corrected chi connectivity index (χ2v) is 5.64. The summed E-state index contributed by atoms with van der Waals surface area (Å²) in [7, 11) is 1.84. The number of unbranched alkanes of at least 4 members (excludes halogenated alkanes) is 3. The number of hydrogen-bond acceptors (Lipinski definition) is 3. The summed E-state index contributed by atoms with van der Waals surface area (Å²) in [5.41, 5.74) is 0. The third-order valence-corrected chi connectivity index (χ3v) is 4.20. The molecule has 106 valence electrons. The first kappa shape index (κ1) is 14.1. The highest BCUT2D eigenvalue weighted by molar-refractivity contribution is 5.87. The van der Waals surface area contributed by atoms with Crippen molar-refractivity contribution in [2.24, 2.45) is 11.8 Å². The number of esters is 1. The molecule has 1 amide bonds. The third kappa shape index (κ3) is 3.17. The molecule has 2 aliphatic rings. The van der Waals surface area contributed by atoms with Gasteiger partial charge in [-0.3, -0.25) is 9.59 Å². The topological polar surface area (TPSA) is 46.6 Å². The minimum atomic E-state index is -0.180. The number of nitrogens with zero attached hydrogens (tertiary/aromatic N) is 1. The van der Waals surface area contributed by atoms with E-state index >= 15 is 0 Å². The average molecular weight is 265 g/mol. The van der Waals surface area contributed by atoms with Gasteiger partial charge in [-0.05, 0) is 32.1 Å². The van der Waals surface area contributed by atoms with Crippen LogP contribution in [0.2, 0.25) is 0 Å². The summed E-state index contributed by atoms with van der Waals surface area (Å²) in [6.45, 7) is 4.47. The molecule has 0 N–H and O–H groups in total. The minimum Gasteiger partial charge on any atom is -0.462 e. The highest BCUT2D eigenvalue weighted by Crippen LogP contribution is 2.41. The van der Waals surface area contributed by atoms with E-state index < -0.39 is 0 Å². The lowest BCUT2D eigenvalue weighted by Crippen LogP contribution is -2.39. The molecule has 0 radical (unpaired) electrons. The fourth-order valence-corrected chi connectivity index (χ4v) is 3.08. The van der Waals surface area contributed by atoms with E-state index in [1.54, 1.807) is 4.90 Å². The summed E-state index contributed by atoms with van der Waals surface area (Å²) in [5.74, 6) is -0.369. The van der Waals surface area contributed by atoms with Gasteiger partial charge in [-0.1, -0.05) is 12.5 Å². The van der Waals surface area contributed by atoms with Crippen LogP contribution in [-0.4, -0.2) is 36.5 Å². The smallest absolute Gasteiger partial charge is 0.310 e. The van der Waals surface area contributed by atoms with Crippen LogP contribution in [0.4, 0.5) is 0 Å². The first-order valence-corrected chi connectivity index (χ1v) is 7.20. The summed E-state index contributed by atoms with van der Waals surface area (Å²) in [6.07, 6.45) is 7.67. The van der Waals surface area contributed by atoms with E-state index in [1.807, 2.05) is 13.1 Å². The van der Waals surface area contributed by atoms with Crippen molar-refractivity contribution >= 4 is 11.9 Å². The number of hydrogen-bond donors (Lipinski definition) is 0. The van der Waals surface area contributed by atoms with Crippen LogP contribution < -0.4 is 0 Å². The number of carbonyl (C=O) groups is 2. The van der Waals surface area contributed by atoms with Gasteiger partial charge in [0, 0.05) is 13.6 Å². The van der Waals surface area contributed by atoms with E-state index in [9.17, 15) is 9.59 Å². The Balaban J connectivity index is 1.73. The molecule has 0 aromatic rings. The highest BCUT2D eigenvalue weighted by Gasteiger charge is 2.51. The predicted octanol–water partition coefficient (Wildman–Crippen LogP) is 2.14. The van der Waals surface area contributed by atoms with E-state index in [0.717, 1.165) is 45.1 Å². The molecule has 4 heteroatoms. The standard InChI is InChI=1S/C15H23NO3/c1-3-4-5-6-7-8-16(2)14(17)12-9-11-10-13(12)15(18)19-11/h3,11-13H,1,4-10H2,2H3. The summed E-state index contributed by atoms with van der Waals surface area (Å²) < 4.78 is 5.13. The molecule has 2 fully saturated rings. The monoisotopic (exact) mass is 265 g/mol. The van der Waals surface area contributed by atoms with Gasteiger partial charge in [-0.2, -0.15) is 0 Å². The van der Waals surface area contributed by atoms with Gasteiger partial charge in [-0.15, -0.1) is 6.58 Å². The molecular formula is C15H23NO3. The molecule has 19 heavy (non-hydrogen) atoms. The van der Waals surface area contributed by atoms with E-state index in [0.29, 0.717) is 0 Å². The summed E-state index contributed by atoms with van der Waals surface area (Å²) in [4.78, 5) is 25.6. The Labute approximate surface area is 114 Å². The molecule has 4 nitrogen and oxygen atoms in total. The zero-order valence-electron chi connectivity index (χ0n) is 11.6. The summed E-state index contributed by atoms with van der Waals surface area (Å²) in [6, 6.07) is 0. The van der Waals surface area contributed by atoms with Crippen molar-refractivity contribution in [3.05, 3.63) is 12.7 Å². The maximum absolute atomic E-state index is 12.3. The predicted molar refractivity (Wildman–Crippen MR) is 72.4 cm³/mol. The molecule has 0 spiro atoms. The Morgan fingerprint density at radius 2 is 2.21 bits per heavy atom. The van der Waals surface area contributed by atoms with Crippen LogP contribution in [0.1, 0.15) is 38.5 Å². The minimum absolute atomic E-state index is 0.00700. The maximum Gasteiger partial charge on any atom is 0.310 e. The largest absolute Gasteiger partial charge is 0.462 e. The van der Waals surface area contributed by atoms with Crippen LogP contribution in [0.5, 0.6) is 0 Å². The fourth-order valence-electron chi connectivity index (χ4n) is 3.08. The summed E-state index contributed by atoms with van der Waals surface area (Å²) >= 11 is 0. The molecule has 1 saturated heterocycles. The zero-order valence-corrected chi connectivity index (χ0v) is 11.6. The second-order valence-electron chi connectivity index (χ2n) is 5.64. The SMILES string of the molecule is C=CCCCCCN(C)C(=O)C1CC2CC1C(=O)O2. The van der Waals surface area contributed by atoms with Crippen molar-refractivity contribution in [3.8, 4) is 0 Å². The lowest BCUT2D eigenvalue weighted by molar-refractivity contribution is -0.155. The highest BCUT2D eigenvalue weighted by atomic mass is 16.6. The molecule has 3 atom stereocenters. The van der Waals surface area contributed by atoms with Gasteiger partial charge in [0.2, 0.25) is 5.91 Å². The maximum atomic E-state index is 12.3. The van der Waals surface area contributed by atoms with Crippen molar-refractivity contribution in [3.63, 3.8) is 0 Å². The number of carbonyl (C=O) groups excluding carboxylic acids is 2. The van der Waals surface area contributed by atoms with Gasteiger partial charge in [0.15, 0.2) is 0 Å². The normalized spacial score (nSPS) is 28.3. The van der Waals surface area contributed by atoms with E-state index in [1.165, 1.54) is 0 Å². The van der Waals surface area contributed by atoms with Crippen LogP contribution in [0, 0.1) is 11.8 Å². The number of allylic oxidation sites excluding steroid dienone is 1. The van der Waals surface area contributed by atoms with Gasteiger partial charge in [0.1, 0.15) is 6.10 Å². The lowest BCUT2D eigenvalue weighted by atomic mass is 9.94. The molecule has 0 aromatic carbocycles. The van der Waals surface area contributed by atoms with E-state index in [2.05, 4.69) is 6.58 Å².